The van der Waals surface area contributed by atoms with Gasteiger partial charge in [-0.05, 0) is 0 Å². The van der Waals surface area contributed by atoms with Crippen molar-refractivity contribution in [2.24, 2.45) is 0 Å². The van der Waals surface area contributed by atoms with Crippen molar-refractivity contribution in [3.63, 3.8) is 0 Å². The van der Waals surface area contributed by atoms with E-state index in [1.807, 2.05) is 0 Å². The van der Waals surface area contributed by atoms with Gasteiger partial charge < -0.3 is 11.0 Å². The average molecular weight is 153 g/mol. The standard InChI is InChI=1S/Ge.HOP.2O/c;1-2;;/h;2H;;/q+4;;2*-2. The van der Waals surface area contributed by atoms with Gasteiger partial charge >= 0.3 is 17.6 Å². The summed E-state index contributed by atoms with van der Waals surface area (Å²) in [6.45, 7) is 0. The van der Waals surface area contributed by atoms with Crippen LogP contribution in [0.15, 0.2) is 0 Å². The van der Waals surface area contributed by atoms with Crippen molar-refractivity contribution in [2.45, 2.75) is 0 Å². The van der Waals surface area contributed by atoms with E-state index in [9.17, 15) is 0 Å². The van der Waals surface area contributed by atoms with Gasteiger partial charge in [0.2, 0.25) is 0 Å². The zero-order chi connectivity index (χ0) is 2.00. The van der Waals surface area contributed by atoms with E-state index in [1.54, 1.807) is 9.12 Å². The first-order chi connectivity index (χ1) is 1.00. The monoisotopic (exact) mass is 154 g/mol. The second kappa shape index (κ2) is 183. The summed E-state index contributed by atoms with van der Waals surface area (Å²) >= 11 is 0. The maximum atomic E-state index is 8.06. The van der Waals surface area contributed by atoms with Gasteiger partial charge in [-0.2, -0.15) is 0 Å². The summed E-state index contributed by atoms with van der Waals surface area (Å²) in [7, 11) is 1.72. The maximum absolute atomic E-state index is 8.06. The van der Waals surface area contributed by atoms with Crippen LogP contribution >= 0.6 is 9.12 Å². The van der Waals surface area contributed by atoms with Crippen molar-refractivity contribution in [2.75, 3.05) is 0 Å². The zero-order valence-electron chi connectivity index (χ0n) is 2.22. The molecule has 0 fully saturated rings. The fraction of sp³-hybridized carbons (Fsp3) is 0. The molecule has 0 rings (SSSR count). The third-order valence-electron chi connectivity index (χ3n) is 0. The molecular formula is HGeO3P. The molecule has 0 amide bonds. The van der Waals surface area contributed by atoms with Crippen LogP contribution in [0.1, 0.15) is 0 Å². The second-order valence-electron chi connectivity index (χ2n) is 0. The third-order valence-corrected chi connectivity index (χ3v) is 0. The summed E-state index contributed by atoms with van der Waals surface area (Å²) in [6, 6.07) is 0. The van der Waals surface area contributed by atoms with Crippen LogP contribution in [0.2, 0.25) is 0 Å². The van der Waals surface area contributed by atoms with E-state index in [1.165, 1.54) is 0 Å². The predicted molar refractivity (Wildman–Crippen MR) is 16.1 cm³/mol. The first-order valence-corrected chi connectivity index (χ1v) is 0.612. The first kappa shape index (κ1) is 47.4. The van der Waals surface area contributed by atoms with Gasteiger partial charge in [-0.3, -0.25) is 4.57 Å². The van der Waals surface area contributed by atoms with Crippen molar-refractivity contribution in [1.29, 1.82) is 0 Å². The van der Waals surface area contributed by atoms with Gasteiger partial charge in [0, 0.05) is 0 Å². The Morgan fingerprint density at radius 2 is 1.00 bits per heavy atom. The minimum absolute atomic E-state index is 0. The van der Waals surface area contributed by atoms with E-state index >= 15 is 0 Å². The molecule has 0 atom stereocenters. The van der Waals surface area contributed by atoms with Crippen molar-refractivity contribution in [1.82, 2.24) is 0 Å². The van der Waals surface area contributed by atoms with E-state index in [2.05, 4.69) is 0 Å². The van der Waals surface area contributed by atoms with E-state index in [0.717, 1.165) is 0 Å². The van der Waals surface area contributed by atoms with E-state index in [-0.39, 0.29) is 28.5 Å². The van der Waals surface area contributed by atoms with Crippen LogP contribution in [0, 0.1) is 0 Å². The molecule has 0 aromatic heterocycles. The Morgan fingerprint density at radius 3 is 1.00 bits per heavy atom. The van der Waals surface area contributed by atoms with Gasteiger partial charge in [0.1, 0.15) is 9.12 Å². The summed E-state index contributed by atoms with van der Waals surface area (Å²) in [5.41, 5.74) is 0. The average Bonchev–Trinajstić information content (AvgIpc) is 1.00. The quantitative estimate of drug-likeness (QED) is 0.352. The summed E-state index contributed by atoms with van der Waals surface area (Å²) in [6.07, 6.45) is 0. The Kier molecular flexibility index (Phi) is 1730. The van der Waals surface area contributed by atoms with Crippen molar-refractivity contribution in [3.8, 4) is 0 Å². The Morgan fingerprint density at radius 1 is 1.00 bits per heavy atom. The molecule has 0 aliphatic heterocycles. The molecule has 0 bridgehead atoms. The van der Waals surface area contributed by atoms with Crippen molar-refractivity contribution < 1.29 is 15.5 Å². The van der Waals surface area contributed by atoms with Gasteiger partial charge in [-0.25, -0.2) is 0 Å². The summed E-state index contributed by atoms with van der Waals surface area (Å²) < 4.78 is 8.06. The molecule has 0 spiro atoms. The molecule has 0 radical (unpaired) electrons. The molecule has 0 aromatic rings. The third kappa shape index (κ3) is 94.6. The molecule has 5 heteroatoms. The van der Waals surface area contributed by atoms with Crippen LogP contribution < -0.4 is 0 Å². The molecule has 0 aromatic carbocycles. The van der Waals surface area contributed by atoms with Crippen molar-refractivity contribution >= 4 is 26.7 Å². The molecular weight excluding hydrogens is 152 g/mol. The Bertz CT molecular complexity index is 6.85. The summed E-state index contributed by atoms with van der Waals surface area (Å²) in [4.78, 5) is 0. The number of rotatable bonds is 0. The van der Waals surface area contributed by atoms with E-state index in [0.29, 0.717) is 0 Å². The minimum Gasteiger partial charge on any atom is -2.00 e. The molecule has 0 N–H and O–H groups in total. The SMILES string of the molecule is O=P.[Ge+4].[O-2].[O-2]. The number of hydrogen-bond donors (Lipinski definition) is 0. The van der Waals surface area contributed by atoms with Gasteiger partial charge in [0.15, 0.2) is 0 Å². The molecule has 0 aliphatic carbocycles. The van der Waals surface area contributed by atoms with Gasteiger partial charge in [0.25, 0.3) is 0 Å². The van der Waals surface area contributed by atoms with Gasteiger partial charge in [0.05, 0.1) is 0 Å². The first-order valence-electron chi connectivity index (χ1n) is 0.204. The van der Waals surface area contributed by atoms with Crippen LogP contribution in [0.3, 0.4) is 0 Å². The molecule has 0 saturated heterocycles. The molecule has 0 saturated carbocycles. The summed E-state index contributed by atoms with van der Waals surface area (Å²) in [5.74, 6) is 0. The predicted octanol–water partition coefficient (Wildman–Crippen LogP) is -0.144. The smallest absolute Gasteiger partial charge is 2.00 e. The zero-order valence-corrected chi connectivity index (χ0v) is 5.32. The van der Waals surface area contributed by atoms with Crippen LogP contribution in [-0.2, 0) is 15.5 Å². The van der Waals surface area contributed by atoms with Crippen LogP contribution in [-0.4, -0.2) is 17.6 Å². The largest absolute Gasteiger partial charge is 4.00 e. The second-order valence-corrected chi connectivity index (χ2v) is 0. The molecule has 5 heavy (non-hydrogen) atoms. The number of hydrogen-bond acceptors (Lipinski definition) is 1. The topological polar surface area (TPSA) is 74.1 Å². The van der Waals surface area contributed by atoms with Gasteiger partial charge in [-0.1, -0.05) is 0 Å². The summed E-state index contributed by atoms with van der Waals surface area (Å²) in [5, 5.41) is 0. The molecule has 0 heterocycles. The van der Waals surface area contributed by atoms with Crippen LogP contribution in [0.4, 0.5) is 0 Å². The molecule has 3 nitrogen and oxygen atoms in total. The normalized spacial score (nSPS) is 0.800. The Hall–Kier alpha value is 0.563. The van der Waals surface area contributed by atoms with Crippen LogP contribution in [0.5, 0.6) is 0 Å². The van der Waals surface area contributed by atoms with Gasteiger partial charge in [-0.15, -0.1) is 0 Å². The van der Waals surface area contributed by atoms with Crippen LogP contribution in [0.25, 0.3) is 0 Å². The minimum atomic E-state index is 0. The van der Waals surface area contributed by atoms with Crippen molar-refractivity contribution in [3.05, 3.63) is 0 Å². The fourth-order valence-corrected chi connectivity index (χ4v) is 0. The Balaban J connectivity index is -0.00000000167. The fourth-order valence-electron chi connectivity index (χ4n) is 0. The van der Waals surface area contributed by atoms with E-state index < -0.39 is 0 Å². The Labute approximate surface area is 43.0 Å². The molecule has 0 unspecified atom stereocenters. The van der Waals surface area contributed by atoms with E-state index in [4.69, 9.17) is 4.57 Å². The molecule has 28 valence electrons. The maximum Gasteiger partial charge on any atom is 4.00 e. The molecule has 0 aliphatic rings.